The number of benzene rings is 2. The van der Waals surface area contributed by atoms with Gasteiger partial charge in [0.2, 0.25) is 5.91 Å². The van der Waals surface area contributed by atoms with Crippen LogP contribution in [0.5, 0.6) is 0 Å². The summed E-state index contributed by atoms with van der Waals surface area (Å²) in [7, 11) is 0. The molecule has 28 heavy (non-hydrogen) atoms. The van der Waals surface area contributed by atoms with E-state index in [1.165, 1.54) is 6.07 Å². The summed E-state index contributed by atoms with van der Waals surface area (Å²) in [4.78, 5) is 31.0. The van der Waals surface area contributed by atoms with Gasteiger partial charge >= 0.3 is 6.18 Å². The Labute approximate surface area is 162 Å². The maximum absolute atomic E-state index is 12.9. The maximum Gasteiger partial charge on any atom is 0.417 e. The predicted octanol–water partition coefficient (Wildman–Crippen LogP) is 4.56. The number of hydrogen-bond acceptors (Lipinski definition) is 3. The molecule has 0 aliphatic heterocycles. The lowest BCUT2D eigenvalue weighted by atomic mass is 10.1. The molecule has 5 nitrogen and oxygen atoms in total. The largest absolute Gasteiger partial charge is 0.417 e. The molecule has 146 valence electrons. The molecule has 0 atom stereocenters. The molecule has 2 N–H and O–H groups in total. The molecule has 0 fully saturated rings. The SMILES string of the molecule is O=C(CCCc1nc2ccccc2c(=O)[nH]1)Nc1ccc(Cl)c(C(F)(F)F)c1. The molecule has 0 saturated carbocycles. The van der Waals surface area contributed by atoms with E-state index in [4.69, 9.17) is 11.6 Å². The van der Waals surface area contributed by atoms with Gasteiger partial charge in [-0.15, -0.1) is 0 Å². The first-order chi connectivity index (χ1) is 13.2. The number of carbonyl (C=O) groups excluding carboxylic acids is 1. The normalized spacial score (nSPS) is 11.6. The zero-order chi connectivity index (χ0) is 20.3. The third kappa shape index (κ3) is 4.69. The van der Waals surface area contributed by atoms with E-state index in [2.05, 4.69) is 15.3 Å². The molecule has 3 aromatic rings. The van der Waals surface area contributed by atoms with Crippen molar-refractivity contribution in [3.05, 3.63) is 69.2 Å². The minimum absolute atomic E-state index is 0.0129. The average Bonchev–Trinajstić information content (AvgIpc) is 2.62. The quantitative estimate of drug-likeness (QED) is 0.648. The van der Waals surface area contributed by atoms with Gasteiger partial charge in [0.25, 0.3) is 5.56 Å². The van der Waals surface area contributed by atoms with Crippen molar-refractivity contribution < 1.29 is 18.0 Å². The number of carbonyl (C=O) groups is 1. The predicted molar refractivity (Wildman–Crippen MR) is 100 cm³/mol. The number of para-hydroxylation sites is 1. The Bertz CT molecular complexity index is 1080. The number of nitrogens with zero attached hydrogens (tertiary/aromatic N) is 1. The van der Waals surface area contributed by atoms with Crippen LogP contribution in [0.25, 0.3) is 10.9 Å². The van der Waals surface area contributed by atoms with E-state index in [0.717, 1.165) is 12.1 Å². The van der Waals surface area contributed by atoms with Gasteiger partial charge in [0, 0.05) is 18.5 Å². The number of aromatic amines is 1. The van der Waals surface area contributed by atoms with Crippen LogP contribution in [0.1, 0.15) is 24.2 Å². The Morgan fingerprint density at radius 3 is 2.68 bits per heavy atom. The molecule has 1 amide bonds. The standard InChI is InChI=1S/C19H15ClF3N3O2/c20-14-9-8-11(10-13(14)19(21,22)23)24-17(27)7-3-6-16-25-15-5-2-1-4-12(15)18(28)26-16/h1-2,4-5,8-10H,3,6-7H2,(H,24,27)(H,25,26,28). The van der Waals surface area contributed by atoms with Gasteiger partial charge in [0.15, 0.2) is 0 Å². The van der Waals surface area contributed by atoms with Crippen LogP contribution < -0.4 is 10.9 Å². The average molecular weight is 410 g/mol. The third-order valence-electron chi connectivity index (χ3n) is 4.03. The van der Waals surface area contributed by atoms with E-state index in [1.807, 2.05) is 0 Å². The molecular weight excluding hydrogens is 395 g/mol. The Morgan fingerprint density at radius 2 is 1.93 bits per heavy atom. The highest BCUT2D eigenvalue weighted by molar-refractivity contribution is 6.31. The van der Waals surface area contributed by atoms with E-state index < -0.39 is 22.7 Å². The molecule has 0 spiro atoms. The smallest absolute Gasteiger partial charge is 0.326 e. The molecule has 9 heteroatoms. The lowest BCUT2D eigenvalue weighted by Gasteiger charge is -2.11. The minimum Gasteiger partial charge on any atom is -0.326 e. The van der Waals surface area contributed by atoms with Crippen LogP contribution in [0.3, 0.4) is 0 Å². The number of aryl methyl sites for hydroxylation is 1. The zero-order valence-corrected chi connectivity index (χ0v) is 15.2. The van der Waals surface area contributed by atoms with Gasteiger partial charge in [0.1, 0.15) is 5.82 Å². The van der Waals surface area contributed by atoms with Crippen LogP contribution in [0.15, 0.2) is 47.3 Å². The molecule has 3 rings (SSSR count). The highest BCUT2D eigenvalue weighted by atomic mass is 35.5. The van der Waals surface area contributed by atoms with Crippen molar-refractivity contribution in [3.63, 3.8) is 0 Å². The van der Waals surface area contributed by atoms with Gasteiger partial charge in [-0.1, -0.05) is 23.7 Å². The summed E-state index contributed by atoms with van der Waals surface area (Å²) in [5.41, 5.74) is -0.693. The molecule has 0 aliphatic rings. The number of anilines is 1. The van der Waals surface area contributed by atoms with Gasteiger partial charge in [-0.3, -0.25) is 9.59 Å². The van der Waals surface area contributed by atoms with Crippen molar-refractivity contribution >= 4 is 34.1 Å². The molecular formula is C19H15ClF3N3O2. The summed E-state index contributed by atoms with van der Waals surface area (Å²) in [5.74, 6) is 0.000864. The van der Waals surface area contributed by atoms with Crippen LogP contribution in [-0.2, 0) is 17.4 Å². The van der Waals surface area contributed by atoms with E-state index in [0.29, 0.717) is 29.6 Å². The fourth-order valence-electron chi connectivity index (χ4n) is 2.71. The molecule has 1 aromatic heterocycles. The summed E-state index contributed by atoms with van der Waals surface area (Å²) in [6.45, 7) is 0. The summed E-state index contributed by atoms with van der Waals surface area (Å²) in [5, 5.41) is 2.46. The van der Waals surface area contributed by atoms with Crippen molar-refractivity contribution in [3.8, 4) is 0 Å². The number of hydrogen-bond donors (Lipinski definition) is 2. The molecule has 0 bridgehead atoms. The zero-order valence-electron chi connectivity index (χ0n) is 14.4. The molecule has 2 aromatic carbocycles. The van der Waals surface area contributed by atoms with E-state index in [9.17, 15) is 22.8 Å². The summed E-state index contributed by atoms with van der Waals surface area (Å²) in [6, 6.07) is 10.1. The van der Waals surface area contributed by atoms with Crippen molar-refractivity contribution in [2.45, 2.75) is 25.4 Å². The third-order valence-corrected chi connectivity index (χ3v) is 4.36. The van der Waals surface area contributed by atoms with Crippen molar-refractivity contribution in [1.29, 1.82) is 0 Å². The fourth-order valence-corrected chi connectivity index (χ4v) is 2.94. The first kappa shape index (κ1) is 19.9. The number of nitrogens with one attached hydrogen (secondary N) is 2. The number of amides is 1. The van der Waals surface area contributed by atoms with Crippen LogP contribution in [0, 0.1) is 0 Å². The Kier molecular flexibility index (Phi) is 5.69. The molecule has 0 saturated heterocycles. The number of aromatic nitrogens is 2. The first-order valence-electron chi connectivity index (χ1n) is 8.38. The lowest BCUT2D eigenvalue weighted by molar-refractivity contribution is -0.137. The van der Waals surface area contributed by atoms with Crippen LogP contribution in [0.4, 0.5) is 18.9 Å². The van der Waals surface area contributed by atoms with Gasteiger partial charge in [-0.05, 0) is 36.8 Å². The Hall–Kier alpha value is -2.87. The molecule has 0 aliphatic carbocycles. The number of halogens is 4. The Morgan fingerprint density at radius 1 is 1.18 bits per heavy atom. The molecule has 0 radical (unpaired) electrons. The van der Waals surface area contributed by atoms with Crippen molar-refractivity contribution in [1.82, 2.24) is 9.97 Å². The minimum atomic E-state index is -4.61. The summed E-state index contributed by atoms with van der Waals surface area (Å²) < 4.78 is 38.6. The number of rotatable bonds is 5. The first-order valence-corrected chi connectivity index (χ1v) is 8.76. The maximum atomic E-state index is 12.9. The van der Waals surface area contributed by atoms with E-state index in [1.54, 1.807) is 24.3 Å². The second-order valence-corrected chi connectivity index (χ2v) is 6.53. The molecule has 1 heterocycles. The fraction of sp³-hybridized carbons (Fsp3) is 0.211. The van der Waals surface area contributed by atoms with Crippen molar-refractivity contribution in [2.24, 2.45) is 0 Å². The van der Waals surface area contributed by atoms with Gasteiger partial charge < -0.3 is 10.3 Å². The van der Waals surface area contributed by atoms with Crippen LogP contribution >= 0.6 is 11.6 Å². The van der Waals surface area contributed by atoms with Crippen molar-refractivity contribution in [2.75, 3.05) is 5.32 Å². The van der Waals surface area contributed by atoms with Gasteiger partial charge in [-0.2, -0.15) is 13.2 Å². The second kappa shape index (κ2) is 8.02. The summed E-state index contributed by atoms with van der Waals surface area (Å²) >= 11 is 5.55. The monoisotopic (exact) mass is 409 g/mol. The van der Waals surface area contributed by atoms with E-state index >= 15 is 0 Å². The number of alkyl halides is 3. The highest BCUT2D eigenvalue weighted by Crippen LogP contribution is 2.36. The highest BCUT2D eigenvalue weighted by Gasteiger charge is 2.33. The summed E-state index contributed by atoms with van der Waals surface area (Å²) in [6.07, 6.45) is -3.83. The topological polar surface area (TPSA) is 74.8 Å². The van der Waals surface area contributed by atoms with Gasteiger partial charge in [-0.25, -0.2) is 4.98 Å². The van der Waals surface area contributed by atoms with Gasteiger partial charge in [0.05, 0.1) is 21.5 Å². The number of H-pyrrole nitrogens is 1. The Balaban J connectivity index is 1.60. The van der Waals surface area contributed by atoms with Crippen LogP contribution in [0.2, 0.25) is 5.02 Å². The van der Waals surface area contributed by atoms with E-state index in [-0.39, 0.29) is 17.7 Å². The lowest BCUT2D eigenvalue weighted by Crippen LogP contribution is -2.15. The second-order valence-electron chi connectivity index (χ2n) is 6.12. The molecule has 0 unspecified atom stereocenters. The van der Waals surface area contributed by atoms with Crippen LogP contribution in [-0.4, -0.2) is 15.9 Å². The number of fused-ring (bicyclic) bond motifs is 1.